The minimum atomic E-state index is -0.240. The molecule has 0 spiro atoms. The number of anilines is 2. The number of benzene rings is 1. The molecule has 0 saturated heterocycles. The van der Waals surface area contributed by atoms with Gasteiger partial charge in [-0.25, -0.2) is 14.4 Å². The highest BCUT2D eigenvalue weighted by molar-refractivity contribution is 6.33. The average Bonchev–Trinajstić information content (AvgIpc) is 2.77. The van der Waals surface area contributed by atoms with Gasteiger partial charge in [-0.15, -0.1) is 0 Å². The van der Waals surface area contributed by atoms with E-state index in [9.17, 15) is 4.39 Å². The van der Waals surface area contributed by atoms with Crippen molar-refractivity contribution in [2.45, 2.75) is 44.3 Å². The summed E-state index contributed by atoms with van der Waals surface area (Å²) in [4.78, 5) is 11.2. The molecule has 3 aromatic rings. The molecule has 0 unspecified atom stereocenters. The van der Waals surface area contributed by atoms with Crippen molar-refractivity contribution in [1.82, 2.24) is 9.97 Å². The Hall–Kier alpha value is -2.70. The third-order valence-electron chi connectivity index (χ3n) is 5.69. The predicted molar refractivity (Wildman–Crippen MR) is 125 cm³/mol. The molecule has 1 aromatic carbocycles. The van der Waals surface area contributed by atoms with Crippen molar-refractivity contribution in [3.05, 3.63) is 71.1 Å². The normalized spacial score (nSPS) is 18.6. The molecule has 1 aliphatic rings. The molecule has 0 atom stereocenters. The van der Waals surface area contributed by atoms with Gasteiger partial charge < -0.3 is 16.0 Å². The van der Waals surface area contributed by atoms with Crippen molar-refractivity contribution in [2.24, 2.45) is 5.73 Å². The van der Waals surface area contributed by atoms with Crippen LogP contribution in [0.2, 0.25) is 5.02 Å². The molecule has 5 nitrogen and oxygen atoms in total. The molecule has 0 bridgehead atoms. The van der Waals surface area contributed by atoms with E-state index >= 15 is 0 Å². The van der Waals surface area contributed by atoms with E-state index in [1.165, 1.54) is 12.1 Å². The topological polar surface area (TPSA) is 67.1 Å². The first-order valence-corrected chi connectivity index (χ1v) is 11.0. The third kappa shape index (κ3) is 5.51. The molecule has 0 radical (unpaired) electrons. The van der Waals surface area contributed by atoms with Crippen molar-refractivity contribution in [1.29, 1.82) is 0 Å². The van der Waals surface area contributed by atoms with E-state index in [0.29, 0.717) is 23.7 Å². The smallest absolute Gasteiger partial charge is 0.129 e. The highest BCUT2D eigenvalue weighted by atomic mass is 35.5. The van der Waals surface area contributed by atoms with Crippen LogP contribution in [0.4, 0.5) is 16.0 Å². The summed E-state index contributed by atoms with van der Waals surface area (Å²) < 4.78 is 13.5. The lowest BCUT2D eigenvalue weighted by Gasteiger charge is -2.27. The molecule has 1 aliphatic carbocycles. The minimum absolute atomic E-state index is 0.240. The average molecular weight is 440 g/mol. The molecule has 2 aromatic heterocycles. The minimum Gasteiger partial charge on any atom is -0.367 e. The van der Waals surface area contributed by atoms with Gasteiger partial charge in [0.25, 0.3) is 0 Å². The lowest BCUT2D eigenvalue weighted by Crippen LogP contribution is -2.33. The summed E-state index contributed by atoms with van der Waals surface area (Å²) >= 11 is 6.47. The van der Waals surface area contributed by atoms with Crippen LogP contribution in [0.3, 0.4) is 0 Å². The van der Waals surface area contributed by atoms with Crippen molar-refractivity contribution >= 4 is 23.2 Å². The Morgan fingerprint density at radius 2 is 1.90 bits per heavy atom. The lowest BCUT2D eigenvalue weighted by molar-refractivity contribution is 0.410. The van der Waals surface area contributed by atoms with Crippen LogP contribution in [0, 0.1) is 5.82 Å². The Bertz CT molecular complexity index is 1040. The Kier molecular flexibility index (Phi) is 6.68. The molecule has 4 rings (SSSR count). The fourth-order valence-corrected chi connectivity index (χ4v) is 4.16. The van der Waals surface area contributed by atoms with Gasteiger partial charge in [-0.1, -0.05) is 29.8 Å². The van der Waals surface area contributed by atoms with Crippen LogP contribution >= 0.6 is 11.6 Å². The molecule has 31 heavy (non-hydrogen) atoms. The molecule has 0 amide bonds. The van der Waals surface area contributed by atoms with E-state index in [-0.39, 0.29) is 5.82 Å². The van der Waals surface area contributed by atoms with E-state index in [2.05, 4.69) is 10.3 Å². The number of halogens is 2. The fourth-order valence-electron chi connectivity index (χ4n) is 3.96. The summed E-state index contributed by atoms with van der Waals surface area (Å²) in [5.41, 5.74) is 8.49. The maximum atomic E-state index is 13.5. The molecule has 1 fully saturated rings. The van der Waals surface area contributed by atoms with Crippen LogP contribution in [-0.4, -0.2) is 29.1 Å². The molecular formula is C24H27ClFN5. The Morgan fingerprint density at radius 1 is 1.13 bits per heavy atom. The molecular weight excluding hydrogens is 413 g/mol. The standard InChI is InChI=1S/C24H27ClFN5/c1-31(15-16-4-2-5-17(26)12-16)24-7-3-6-22(30-24)20-13-23(28-14-21(20)25)29-19-10-8-18(27)9-11-19/h2-7,12-14,18-19H,8-11,15,27H2,1H3,(H,28,29). The second-order valence-electron chi connectivity index (χ2n) is 8.17. The van der Waals surface area contributed by atoms with Crippen molar-refractivity contribution in [3.8, 4) is 11.3 Å². The summed E-state index contributed by atoms with van der Waals surface area (Å²) in [6.45, 7) is 0.551. The highest BCUT2D eigenvalue weighted by Crippen LogP contribution is 2.30. The quantitative estimate of drug-likeness (QED) is 0.548. The zero-order valence-corrected chi connectivity index (χ0v) is 18.3. The monoisotopic (exact) mass is 439 g/mol. The Balaban J connectivity index is 1.52. The number of nitrogens with zero attached hydrogens (tertiary/aromatic N) is 3. The number of nitrogens with one attached hydrogen (secondary N) is 1. The maximum Gasteiger partial charge on any atom is 0.129 e. The van der Waals surface area contributed by atoms with E-state index in [0.717, 1.165) is 54.1 Å². The summed E-state index contributed by atoms with van der Waals surface area (Å²) in [6.07, 6.45) is 5.80. The number of pyridine rings is 2. The zero-order valence-electron chi connectivity index (χ0n) is 17.6. The Morgan fingerprint density at radius 3 is 2.68 bits per heavy atom. The van der Waals surface area contributed by atoms with Gasteiger partial charge in [0.15, 0.2) is 0 Å². The summed E-state index contributed by atoms with van der Waals surface area (Å²) in [6, 6.07) is 15.1. The van der Waals surface area contributed by atoms with Crippen LogP contribution in [0.5, 0.6) is 0 Å². The largest absolute Gasteiger partial charge is 0.367 e. The number of aromatic nitrogens is 2. The molecule has 3 N–H and O–H groups in total. The van der Waals surface area contributed by atoms with Gasteiger partial charge in [-0.3, -0.25) is 0 Å². The van der Waals surface area contributed by atoms with Gasteiger partial charge in [-0.05, 0) is 61.6 Å². The predicted octanol–water partition coefficient (Wildman–Crippen LogP) is 5.25. The third-order valence-corrected chi connectivity index (χ3v) is 5.99. The molecule has 7 heteroatoms. The van der Waals surface area contributed by atoms with Gasteiger partial charge in [0.2, 0.25) is 0 Å². The number of hydrogen-bond donors (Lipinski definition) is 2. The first-order chi connectivity index (χ1) is 15.0. The second-order valence-corrected chi connectivity index (χ2v) is 8.58. The van der Waals surface area contributed by atoms with Crippen LogP contribution in [0.15, 0.2) is 54.7 Å². The molecule has 162 valence electrons. The van der Waals surface area contributed by atoms with Gasteiger partial charge in [0.05, 0.1) is 10.7 Å². The van der Waals surface area contributed by atoms with Crippen molar-refractivity contribution in [2.75, 3.05) is 17.3 Å². The van der Waals surface area contributed by atoms with E-state index in [1.807, 2.05) is 42.3 Å². The van der Waals surface area contributed by atoms with Crippen molar-refractivity contribution in [3.63, 3.8) is 0 Å². The van der Waals surface area contributed by atoms with E-state index in [4.69, 9.17) is 22.3 Å². The zero-order chi connectivity index (χ0) is 21.8. The van der Waals surface area contributed by atoms with Gasteiger partial charge in [0, 0.05) is 37.4 Å². The molecule has 1 saturated carbocycles. The summed E-state index contributed by atoms with van der Waals surface area (Å²) in [5.74, 6) is 1.33. The summed E-state index contributed by atoms with van der Waals surface area (Å²) in [7, 11) is 1.94. The molecule has 0 aliphatic heterocycles. The molecule has 2 heterocycles. The second kappa shape index (κ2) is 9.62. The van der Waals surface area contributed by atoms with Crippen molar-refractivity contribution < 1.29 is 4.39 Å². The fraction of sp³-hybridized carbons (Fsp3) is 0.333. The van der Waals surface area contributed by atoms with Gasteiger partial charge >= 0.3 is 0 Å². The highest BCUT2D eigenvalue weighted by Gasteiger charge is 2.19. The van der Waals surface area contributed by atoms with Gasteiger partial charge in [-0.2, -0.15) is 0 Å². The van der Waals surface area contributed by atoms with Gasteiger partial charge in [0.1, 0.15) is 17.5 Å². The number of nitrogens with two attached hydrogens (primary N) is 1. The first kappa shape index (κ1) is 21.5. The van der Waals surface area contributed by atoms with Crippen LogP contribution in [0.25, 0.3) is 11.3 Å². The SMILES string of the molecule is CN(Cc1cccc(F)c1)c1cccc(-c2cc(NC3CCC(N)CC3)ncc2Cl)n1. The lowest BCUT2D eigenvalue weighted by atomic mass is 9.92. The van der Waals surface area contributed by atoms with Crippen LogP contribution < -0.4 is 16.0 Å². The van der Waals surface area contributed by atoms with Crippen LogP contribution in [-0.2, 0) is 6.54 Å². The Labute approximate surface area is 187 Å². The first-order valence-electron chi connectivity index (χ1n) is 10.6. The maximum absolute atomic E-state index is 13.5. The van der Waals surface area contributed by atoms with E-state index in [1.54, 1.807) is 12.3 Å². The van der Waals surface area contributed by atoms with Crippen LogP contribution in [0.1, 0.15) is 31.2 Å². The number of hydrogen-bond acceptors (Lipinski definition) is 5. The summed E-state index contributed by atoms with van der Waals surface area (Å²) in [5, 5.41) is 4.06. The number of rotatable bonds is 6. The van der Waals surface area contributed by atoms with E-state index < -0.39 is 0 Å².